The standard InChI is InChI=1S/C14H16N4OS2/c1-7(2)17-6-10(5-15-17)18-13(19)11-8(3)9(4)21-12(11)16-14(18)20/h5-7H,1-4H3,(H,16,20). The van der Waals surface area contributed by atoms with Crippen molar-refractivity contribution in [1.82, 2.24) is 19.3 Å². The first-order chi connectivity index (χ1) is 9.90. The third kappa shape index (κ3) is 2.16. The zero-order valence-corrected chi connectivity index (χ0v) is 13.9. The van der Waals surface area contributed by atoms with Crippen molar-refractivity contribution in [2.45, 2.75) is 33.7 Å². The highest BCUT2D eigenvalue weighted by molar-refractivity contribution is 7.71. The quantitative estimate of drug-likeness (QED) is 0.735. The number of fused-ring (bicyclic) bond motifs is 1. The first kappa shape index (κ1) is 14.2. The van der Waals surface area contributed by atoms with E-state index >= 15 is 0 Å². The van der Waals surface area contributed by atoms with E-state index in [0.717, 1.165) is 15.3 Å². The highest BCUT2D eigenvalue weighted by Gasteiger charge is 2.15. The minimum Gasteiger partial charge on any atom is -0.323 e. The van der Waals surface area contributed by atoms with Crippen LogP contribution in [0, 0.1) is 18.6 Å². The average molecular weight is 320 g/mol. The molecule has 3 aromatic heterocycles. The Balaban J connectivity index is 2.34. The highest BCUT2D eigenvalue weighted by Crippen LogP contribution is 2.26. The molecule has 1 N–H and O–H groups in total. The molecule has 0 aliphatic heterocycles. The number of hydrogen-bond acceptors (Lipinski definition) is 4. The number of nitrogens with one attached hydrogen (secondary N) is 1. The van der Waals surface area contributed by atoms with Gasteiger partial charge in [-0.15, -0.1) is 11.3 Å². The van der Waals surface area contributed by atoms with Gasteiger partial charge in [-0.25, -0.2) is 4.57 Å². The molecule has 0 bridgehead atoms. The van der Waals surface area contributed by atoms with Crippen molar-refractivity contribution in [3.05, 3.63) is 38.0 Å². The van der Waals surface area contributed by atoms with Crippen molar-refractivity contribution in [2.24, 2.45) is 0 Å². The van der Waals surface area contributed by atoms with Crippen LogP contribution < -0.4 is 5.56 Å². The van der Waals surface area contributed by atoms with Crippen molar-refractivity contribution < 1.29 is 0 Å². The summed E-state index contributed by atoms with van der Waals surface area (Å²) in [5.41, 5.74) is 1.62. The molecule has 21 heavy (non-hydrogen) atoms. The van der Waals surface area contributed by atoms with Crippen molar-refractivity contribution in [1.29, 1.82) is 0 Å². The maximum absolute atomic E-state index is 12.8. The fourth-order valence-corrected chi connectivity index (χ4v) is 3.70. The fraction of sp³-hybridized carbons (Fsp3) is 0.357. The zero-order valence-electron chi connectivity index (χ0n) is 12.3. The van der Waals surface area contributed by atoms with Gasteiger partial charge in [-0.2, -0.15) is 5.10 Å². The van der Waals surface area contributed by atoms with Gasteiger partial charge in [0.2, 0.25) is 0 Å². The number of aryl methyl sites for hydroxylation is 2. The molecular weight excluding hydrogens is 304 g/mol. The Labute approximate surface area is 130 Å². The lowest BCUT2D eigenvalue weighted by atomic mass is 10.2. The lowest BCUT2D eigenvalue weighted by Crippen LogP contribution is -2.20. The molecule has 0 aromatic carbocycles. The van der Waals surface area contributed by atoms with Crippen LogP contribution in [0.2, 0.25) is 0 Å². The second-order valence-electron chi connectivity index (χ2n) is 5.33. The molecule has 0 saturated carbocycles. The summed E-state index contributed by atoms with van der Waals surface area (Å²) in [6.45, 7) is 8.05. The van der Waals surface area contributed by atoms with Crippen molar-refractivity contribution in [3.8, 4) is 5.69 Å². The molecule has 0 aliphatic rings. The van der Waals surface area contributed by atoms with E-state index in [1.165, 1.54) is 4.57 Å². The van der Waals surface area contributed by atoms with Crippen molar-refractivity contribution in [2.75, 3.05) is 0 Å². The van der Waals surface area contributed by atoms with Crippen LogP contribution in [0.15, 0.2) is 17.2 Å². The molecule has 3 aromatic rings. The minimum atomic E-state index is -0.0843. The summed E-state index contributed by atoms with van der Waals surface area (Å²) in [6.07, 6.45) is 3.52. The zero-order chi connectivity index (χ0) is 15.3. The molecular formula is C14H16N4OS2. The molecule has 0 atom stereocenters. The number of aromatic nitrogens is 4. The molecule has 0 radical (unpaired) electrons. The van der Waals surface area contributed by atoms with Gasteiger partial charge in [-0.05, 0) is 45.5 Å². The number of nitrogens with zero attached hydrogens (tertiary/aromatic N) is 3. The number of rotatable bonds is 2. The topological polar surface area (TPSA) is 55.6 Å². The minimum absolute atomic E-state index is 0.0843. The lowest BCUT2D eigenvalue weighted by molar-refractivity contribution is 0.532. The van der Waals surface area contributed by atoms with Crippen LogP contribution in [0.4, 0.5) is 0 Å². The smallest absolute Gasteiger partial charge is 0.268 e. The van der Waals surface area contributed by atoms with E-state index in [9.17, 15) is 4.79 Å². The largest absolute Gasteiger partial charge is 0.323 e. The predicted octanol–water partition coefficient (Wildman–Crippen LogP) is 3.50. The van der Waals surface area contributed by atoms with Crippen LogP contribution in [0.3, 0.4) is 0 Å². The van der Waals surface area contributed by atoms with Gasteiger partial charge in [0.05, 0.1) is 17.3 Å². The summed E-state index contributed by atoms with van der Waals surface area (Å²) < 4.78 is 3.73. The predicted molar refractivity (Wildman–Crippen MR) is 88.3 cm³/mol. The van der Waals surface area contributed by atoms with Gasteiger partial charge in [0, 0.05) is 17.1 Å². The lowest BCUT2D eigenvalue weighted by Gasteiger charge is -2.05. The van der Waals surface area contributed by atoms with E-state index in [-0.39, 0.29) is 11.6 Å². The van der Waals surface area contributed by atoms with Gasteiger partial charge >= 0.3 is 0 Å². The molecule has 0 amide bonds. The Bertz CT molecular complexity index is 942. The number of aromatic amines is 1. The third-order valence-electron chi connectivity index (χ3n) is 3.60. The van der Waals surface area contributed by atoms with E-state index in [4.69, 9.17) is 12.2 Å². The highest BCUT2D eigenvalue weighted by atomic mass is 32.1. The molecule has 5 nitrogen and oxygen atoms in total. The molecule has 0 spiro atoms. The maximum Gasteiger partial charge on any atom is 0.268 e. The Morgan fingerprint density at radius 1 is 1.38 bits per heavy atom. The maximum atomic E-state index is 12.8. The molecule has 0 aliphatic carbocycles. The summed E-state index contributed by atoms with van der Waals surface area (Å²) in [5, 5.41) is 4.99. The van der Waals surface area contributed by atoms with E-state index in [1.807, 2.05) is 38.6 Å². The molecule has 0 unspecified atom stereocenters. The second-order valence-corrected chi connectivity index (χ2v) is 6.94. The Hall–Kier alpha value is -1.73. The van der Waals surface area contributed by atoms with Crippen molar-refractivity contribution in [3.63, 3.8) is 0 Å². The van der Waals surface area contributed by atoms with Gasteiger partial charge in [0.1, 0.15) is 4.83 Å². The first-order valence-corrected chi connectivity index (χ1v) is 7.92. The van der Waals surface area contributed by atoms with Crippen LogP contribution in [0.25, 0.3) is 15.9 Å². The van der Waals surface area contributed by atoms with Crippen LogP contribution in [0.5, 0.6) is 0 Å². The number of thiophene rings is 1. The van der Waals surface area contributed by atoms with Gasteiger partial charge in [-0.3, -0.25) is 9.48 Å². The van der Waals surface area contributed by atoms with Gasteiger partial charge < -0.3 is 4.98 Å². The van der Waals surface area contributed by atoms with Crippen molar-refractivity contribution >= 4 is 33.8 Å². The summed E-state index contributed by atoms with van der Waals surface area (Å²) in [5.74, 6) is 0. The molecule has 3 heterocycles. The van der Waals surface area contributed by atoms with E-state index in [1.54, 1.807) is 17.5 Å². The van der Waals surface area contributed by atoms with Crippen LogP contribution in [-0.4, -0.2) is 19.3 Å². The first-order valence-electron chi connectivity index (χ1n) is 6.69. The molecule has 0 fully saturated rings. The number of H-pyrrole nitrogens is 1. The second kappa shape index (κ2) is 4.92. The molecule has 7 heteroatoms. The summed E-state index contributed by atoms with van der Waals surface area (Å²) in [7, 11) is 0. The van der Waals surface area contributed by atoms with Gasteiger partial charge in [-0.1, -0.05) is 0 Å². The Morgan fingerprint density at radius 3 is 2.71 bits per heavy atom. The van der Waals surface area contributed by atoms with Crippen LogP contribution in [0.1, 0.15) is 30.3 Å². The van der Waals surface area contributed by atoms with E-state index in [2.05, 4.69) is 10.1 Å². The van der Waals surface area contributed by atoms with Crippen LogP contribution >= 0.6 is 23.6 Å². The SMILES string of the molecule is Cc1sc2[nH]c(=S)n(-c3cnn(C(C)C)c3)c(=O)c2c1C. The normalized spacial score (nSPS) is 11.7. The molecule has 3 rings (SSSR count). The van der Waals surface area contributed by atoms with E-state index < -0.39 is 0 Å². The van der Waals surface area contributed by atoms with E-state index in [0.29, 0.717) is 15.8 Å². The Morgan fingerprint density at radius 2 is 2.10 bits per heavy atom. The van der Waals surface area contributed by atoms with Crippen LogP contribution in [-0.2, 0) is 0 Å². The van der Waals surface area contributed by atoms with Gasteiger partial charge in [0.15, 0.2) is 4.77 Å². The summed E-state index contributed by atoms with van der Waals surface area (Å²) in [4.78, 5) is 17.9. The average Bonchev–Trinajstić information content (AvgIpc) is 2.96. The summed E-state index contributed by atoms with van der Waals surface area (Å²) in [6, 6.07) is 0.237. The third-order valence-corrected chi connectivity index (χ3v) is 5.01. The monoisotopic (exact) mass is 320 g/mol. The van der Waals surface area contributed by atoms with Gasteiger partial charge in [0.25, 0.3) is 5.56 Å². The fourth-order valence-electron chi connectivity index (χ4n) is 2.29. The summed E-state index contributed by atoms with van der Waals surface area (Å²) >= 11 is 6.92. The molecule has 110 valence electrons. The Kier molecular flexibility index (Phi) is 3.33. The number of hydrogen-bond donors (Lipinski definition) is 1. The molecule has 0 saturated heterocycles.